The van der Waals surface area contributed by atoms with Crippen molar-refractivity contribution < 1.29 is 5.11 Å². The fourth-order valence-corrected chi connectivity index (χ4v) is 8.23. The van der Waals surface area contributed by atoms with Gasteiger partial charge in [0, 0.05) is 29.1 Å². The fraction of sp³-hybridized carbons (Fsp3) is 0.161. The van der Waals surface area contributed by atoms with Crippen molar-refractivity contribution in [3.8, 4) is 78.7 Å². The van der Waals surface area contributed by atoms with Gasteiger partial charge in [-0.1, -0.05) is 151 Å². The molecule has 61 heavy (non-hydrogen) atoms. The van der Waals surface area contributed by atoms with Crippen molar-refractivity contribution in [1.82, 2.24) is 19.5 Å². The van der Waals surface area contributed by atoms with E-state index in [1.165, 1.54) is 11.1 Å². The second kappa shape index (κ2) is 15.5. The quantitative estimate of drug-likeness (QED) is 0.175. The summed E-state index contributed by atoms with van der Waals surface area (Å²) >= 11 is 0. The Morgan fingerprint density at radius 1 is 0.492 bits per heavy atom. The molecule has 0 aliphatic rings. The molecule has 9 rings (SSSR count). The number of para-hydroxylation sites is 1. The van der Waals surface area contributed by atoms with E-state index in [0.29, 0.717) is 11.4 Å². The molecule has 0 amide bonds. The minimum atomic E-state index is -0.308. The predicted octanol–water partition coefficient (Wildman–Crippen LogP) is 14.4. The van der Waals surface area contributed by atoms with Crippen LogP contribution in [0.3, 0.4) is 0 Å². The van der Waals surface area contributed by atoms with E-state index in [2.05, 4.69) is 193 Å². The number of aromatic hydroxyl groups is 1. The van der Waals surface area contributed by atoms with Crippen molar-refractivity contribution >= 4 is 11.0 Å². The van der Waals surface area contributed by atoms with Gasteiger partial charge in [0.05, 0.1) is 28.2 Å². The second-order valence-corrected chi connectivity index (χ2v) is 18.0. The predicted molar refractivity (Wildman–Crippen MR) is 253 cm³/mol. The van der Waals surface area contributed by atoms with Gasteiger partial charge < -0.3 is 5.11 Å². The van der Waals surface area contributed by atoms with Gasteiger partial charge in [-0.05, 0) is 111 Å². The lowest BCUT2D eigenvalue weighted by molar-refractivity contribution is 0.446. The number of rotatable bonds is 7. The van der Waals surface area contributed by atoms with Crippen LogP contribution in [0.4, 0.5) is 0 Å². The van der Waals surface area contributed by atoms with Crippen LogP contribution in [0.2, 0.25) is 0 Å². The number of nitrogens with zero attached hydrogens (tertiary/aromatic N) is 4. The molecule has 6 aromatic carbocycles. The van der Waals surface area contributed by atoms with Gasteiger partial charge >= 0.3 is 0 Å². The van der Waals surface area contributed by atoms with Crippen LogP contribution in [0.15, 0.2) is 170 Å². The van der Waals surface area contributed by atoms with Crippen LogP contribution in [0.5, 0.6) is 5.75 Å². The number of phenolic OH excluding ortho intramolecular Hbond substituents is 1. The normalized spacial score (nSPS) is 11.9. The van der Waals surface area contributed by atoms with Gasteiger partial charge in [-0.2, -0.15) is 0 Å². The molecule has 0 bridgehead atoms. The van der Waals surface area contributed by atoms with Gasteiger partial charge in [-0.25, -0.2) is 4.98 Å². The third-order valence-corrected chi connectivity index (χ3v) is 11.6. The standard InChI is InChI=1S/C56H50N4O/c1-36-16-14-15-21-49(36)60-50-27-29-58-51(52(50)59-54(60)46-34-45(55(2,3)4)35-47(53(46)61)56(5,6)7)44-31-42(38-19-12-9-13-20-38)30-43(32-44)48-33-41(26-28-57-48)40-24-22-39(23-25-40)37-17-10-8-11-18-37/h8-35,61H,1-7H3. The number of imidazole rings is 1. The third kappa shape index (κ3) is 7.64. The van der Waals surface area contributed by atoms with Gasteiger partial charge in [0.2, 0.25) is 0 Å². The van der Waals surface area contributed by atoms with Crippen LogP contribution in [-0.4, -0.2) is 24.6 Å². The monoisotopic (exact) mass is 794 g/mol. The Hall–Kier alpha value is -7.11. The summed E-state index contributed by atoms with van der Waals surface area (Å²) in [6.45, 7) is 15.2. The van der Waals surface area contributed by atoms with Gasteiger partial charge in [-0.3, -0.25) is 14.5 Å². The highest BCUT2D eigenvalue weighted by molar-refractivity contribution is 5.96. The number of hydrogen-bond acceptors (Lipinski definition) is 4. The first-order valence-electron chi connectivity index (χ1n) is 21.0. The Bertz CT molecular complexity index is 3040. The molecule has 5 heteroatoms. The average Bonchev–Trinajstić information content (AvgIpc) is 3.66. The maximum atomic E-state index is 12.2. The molecule has 9 aromatic rings. The molecule has 3 heterocycles. The number of aryl methyl sites for hydroxylation is 1. The van der Waals surface area contributed by atoms with E-state index >= 15 is 0 Å². The van der Waals surface area contributed by atoms with Crippen LogP contribution in [0, 0.1) is 6.92 Å². The van der Waals surface area contributed by atoms with Crippen molar-refractivity contribution in [3.05, 3.63) is 187 Å². The number of phenols is 1. The summed E-state index contributed by atoms with van der Waals surface area (Å²) in [6, 6.07) is 55.1. The molecule has 0 aliphatic carbocycles. The third-order valence-electron chi connectivity index (χ3n) is 11.6. The van der Waals surface area contributed by atoms with Crippen LogP contribution >= 0.6 is 0 Å². The maximum Gasteiger partial charge on any atom is 0.149 e. The van der Waals surface area contributed by atoms with E-state index in [1.807, 2.05) is 30.6 Å². The van der Waals surface area contributed by atoms with E-state index in [0.717, 1.165) is 78.2 Å². The molecule has 0 atom stereocenters. The topological polar surface area (TPSA) is 63.8 Å². The number of fused-ring (bicyclic) bond motifs is 1. The summed E-state index contributed by atoms with van der Waals surface area (Å²) in [5.41, 5.74) is 16.2. The molecular weight excluding hydrogens is 745 g/mol. The summed E-state index contributed by atoms with van der Waals surface area (Å²) < 4.78 is 2.19. The smallest absolute Gasteiger partial charge is 0.149 e. The molecule has 0 aliphatic heterocycles. The summed E-state index contributed by atoms with van der Waals surface area (Å²) in [6.07, 6.45) is 3.76. The lowest BCUT2D eigenvalue weighted by Crippen LogP contribution is -2.17. The molecule has 0 saturated carbocycles. The van der Waals surface area contributed by atoms with E-state index in [9.17, 15) is 5.11 Å². The molecule has 0 saturated heterocycles. The molecule has 0 unspecified atom stereocenters. The fourth-order valence-electron chi connectivity index (χ4n) is 8.23. The van der Waals surface area contributed by atoms with Crippen molar-refractivity contribution in [1.29, 1.82) is 0 Å². The van der Waals surface area contributed by atoms with Gasteiger partial charge in [-0.15, -0.1) is 0 Å². The molecule has 3 aromatic heterocycles. The highest BCUT2D eigenvalue weighted by Crippen LogP contribution is 2.45. The van der Waals surface area contributed by atoms with Crippen molar-refractivity contribution in [2.24, 2.45) is 0 Å². The first-order chi connectivity index (χ1) is 29.3. The van der Waals surface area contributed by atoms with E-state index in [-0.39, 0.29) is 16.6 Å². The highest BCUT2D eigenvalue weighted by Gasteiger charge is 2.29. The maximum absolute atomic E-state index is 12.2. The number of pyridine rings is 2. The molecular formula is C56H50N4O. The van der Waals surface area contributed by atoms with E-state index in [1.54, 1.807) is 0 Å². The van der Waals surface area contributed by atoms with Crippen LogP contribution < -0.4 is 0 Å². The van der Waals surface area contributed by atoms with Gasteiger partial charge in [0.1, 0.15) is 17.1 Å². The van der Waals surface area contributed by atoms with Crippen LogP contribution in [0.1, 0.15) is 58.2 Å². The van der Waals surface area contributed by atoms with E-state index < -0.39 is 0 Å². The first kappa shape index (κ1) is 39.4. The van der Waals surface area contributed by atoms with Crippen LogP contribution in [-0.2, 0) is 10.8 Å². The molecule has 0 fully saturated rings. The lowest BCUT2D eigenvalue weighted by Gasteiger charge is -2.27. The zero-order chi connectivity index (χ0) is 42.5. The Morgan fingerprint density at radius 2 is 1.07 bits per heavy atom. The van der Waals surface area contributed by atoms with Gasteiger partial charge in [0.15, 0.2) is 0 Å². The van der Waals surface area contributed by atoms with Crippen molar-refractivity contribution in [2.75, 3.05) is 0 Å². The minimum Gasteiger partial charge on any atom is -0.507 e. The Kier molecular flexibility index (Phi) is 9.99. The second-order valence-electron chi connectivity index (χ2n) is 18.0. The summed E-state index contributed by atoms with van der Waals surface area (Å²) in [5.74, 6) is 0.911. The van der Waals surface area contributed by atoms with Crippen molar-refractivity contribution in [2.45, 2.75) is 59.3 Å². The molecule has 300 valence electrons. The largest absolute Gasteiger partial charge is 0.507 e. The minimum absolute atomic E-state index is 0.167. The first-order valence-corrected chi connectivity index (χ1v) is 21.0. The molecule has 5 nitrogen and oxygen atoms in total. The van der Waals surface area contributed by atoms with Crippen molar-refractivity contribution in [3.63, 3.8) is 0 Å². The Morgan fingerprint density at radius 3 is 1.72 bits per heavy atom. The summed E-state index contributed by atoms with van der Waals surface area (Å²) in [5, 5.41) is 12.2. The Balaban J connectivity index is 1.25. The SMILES string of the molecule is Cc1ccccc1-n1c(-c2cc(C(C)(C)C)cc(C(C)(C)C)c2O)nc2c(-c3cc(-c4ccccc4)cc(-c4cc(-c5ccc(-c6ccccc6)cc5)ccn4)c3)nccc21. The summed E-state index contributed by atoms with van der Waals surface area (Å²) in [4.78, 5) is 15.5. The van der Waals surface area contributed by atoms with Crippen LogP contribution in [0.25, 0.3) is 84.0 Å². The molecule has 1 N–H and O–H groups in total. The summed E-state index contributed by atoms with van der Waals surface area (Å²) in [7, 11) is 0. The molecule has 0 spiro atoms. The average molecular weight is 795 g/mol. The zero-order valence-electron chi connectivity index (χ0n) is 35.9. The van der Waals surface area contributed by atoms with Gasteiger partial charge in [0.25, 0.3) is 0 Å². The number of hydrogen-bond donors (Lipinski definition) is 1. The Labute approximate surface area is 359 Å². The van der Waals surface area contributed by atoms with E-state index in [4.69, 9.17) is 15.0 Å². The highest BCUT2D eigenvalue weighted by atomic mass is 16.3. The number of benzene rings is 6. The lowest BCUT2D eigenvalue weighted by atomic mass is 9.79. The molecule has 0 radical (unpaired) electrons. The zero-order valence-corrected chi connectivity index (χ0v) is 35.9. The number of aromatic nitrogens is 4.